The number of aryl methyl sites for hydroxylation is 2. The molecule has 0 atom stereocenters. The van der Waals surface area contributed by atoms with Crippen LogP contribution in [-0.4, -0.2) is 20.9 Å². The van der Waals surface area contributed by atoms with Crippen LogP contribution >= 0.6 is 11.3 Å². The predicted molar refractivity (Wildman–Crippen MR) is 155 cm³/mol. The number of carbonyl (C=O) groups excluding carboxylic acids is 1. The van der Waals surface area contributed by atoms with Crippen molar-refractivity contribution in [3.05, 3.63) is 120 Å². The SMILES string of the molecule is Nc1ccc(-c2cccs2)cc1NC(=O)c1cccc(-c2cn(CCc3cccc4ccccc34)nn2)c1. The van der Waals surface area contributed by atoms with Crippen LogP contribution in [0, 0.1) is 0 Å². The second-order valence-electron chi connectivity index (χ2n) is 9.07. The van der Waals surface area contributed by atoms with Gasteiger partial charge in [0, 0.05) is 22.5 Å². The van der Waals surface area contributed by atoms with E-state index in [1.165, 1.54) is 16.3 Å². The summed E-state index contributed by atoms with van der Waals surface area (Å²) in [6.45, 7) is 0.709. The number of amides is 1. The van der Waals surface area contributed by atoms with Gasteiger partial charge >= 0.3 is 0 Å². The van der Waals surface area contributed by atoms with E-state index in [1.54, 1.807) is 17.4 Å². The predicted octanol–water partition coefficient (Wildman–Crippen LogP) is 6.90. The van der Waals surface area contributed by atoms with Gasteiger partial charge in [0.05, 0.1) is 17.6 Å². The van der Waals surface area contributed by atoms with Crippen molar-refractivity contribution < 1.29 is 4.79 Å². The number of rotatable bonds is 7. The third-order valence-electron chi connectivity index (χ3n) is 6.56. The summed E-state index contributed by atoms with van der Waals surface area (Å²) in [5.74, 6) is -0.231. The molecule has 6 aromatic rings. The Balaban J connectivity index is 1.17. The number of fused-ring (bicyclic) bond motifs is 1. The molecular formula is C31H25N5OS. The Bertz CT molecular complexity index is 1730. The van der Waals surface area contributed by atoms with Crippen molar-refractivity contribution in [2.75, 3.05) is 11.1 Å². The average molecular weight is 516 g/mol. The first-order chi connectivity index (χ1) is 18.6. The molecule has 38 heavy (non-hydrogen) atoms. The smallest absolute Gasteiger partial charge is 0.255 e. The normalized spacial score (nSPS) is 11.1. The van der Waals surface area contributed by atoms with E-state index in [4.69, 9.17) is 5.73 Å². The van der Waals surface area contributed by atoms with E-state index in [1.807, 2.05) is 64.8 Å². The fourth-order valence-electron chi connectivity index (χ4n) is 4.56. The molecule has 4 aromatic carbocycles. The van der Waals surface area contributed by atoms with E-state index in [9.17, 15) is 4.79 Å². The standard InChI is InChI=1S/C31H25N5OS/c32-27-14-13-24(30-12-5-17-38-30)19-28(27)33-31(37)25-10-4-9-23(18-25)29-20-36(35-34-29)16-15-22-8-3-7-21-6-1-2-11-26(21)22/h1-14,17-20H,15-16,32H2,(H,33,37). The van der Waals surface area contributed by atoms with Gasteiger partial charge in [0.15, 0.2) is 0 Å². The van der Waals surface area contributed by atoms with E-state index < -0.39 is 0 Å². The van der Waals surface area contributed by atoms with Gasteiger partial charge in [0.1, 0.15) is 5.69 Å². The number of anilines is 2. The van der Waals surface area contributed by atoms with Crippen molar-refractivity contribution >= 4 is 39.4 Å². The van der Waals surface area contributed by atoms with E-state index in [0.29, 0.717) is 23.5 Å². The van der Waals surface area contributed by atoms with E-state index in [-0.39, 0.29) is 5.91 Å². The third-order valence-corrected chi connectivity index (χ3v) is 7.48. The zero-order valence-electron chi connectivity index (χ0n) is 20.5. The van der Waals surface area contributed by atoms with Gasteiger partial charge in [-0.15, -0.1) is 16.4 Å². The van der Waals surface area contributed by atoms with Gasteiger partial charge in [-0.1, -0.05) is 71.9 Å². The summed E-state index contributed by atoms with van der Waals surface area (Å²) in [6, 6.07) is 31.9. The van der Waals surface area contributed by atoms with Gasteiger partial charge in [-0.2, -0.15) is 0 Å². The molecule has 0 saturated heterocycles. The molecule has 186 valence electrons. The maximum Gasteiger partial charge on any atom is 0.255 e. The Morgan fingerprint density at radius 3 is 2.66 bits per heavy atom. The van der Waals surface area contributed by atoms with Crippen LogP contribution in [0.2, 0.25) is 0 Å². The van der Waals surface area contributed by atoms with E-state index >= 15 is 0 Å². The number of hydrogen-bond donors (Lipinski definition) is 2. The quantitative estimate of drug-likeness (QED) is 0.226. The number of nitrogens with two attached hydrogens (primary N) is 1. The molecule has 3 N–H and O–H groups in total. The third kappa shape index (κ3) is 4.92. The molecule has 1 amide bonds. The molecule has 0 aliphatic heterocycles. The number of thiophene rings is 1. The Morgan fingerprint density at radius 2 is 1.76 bits per heavy atom. The fraction of sp³-hybridized carbons (Fsp3) is 0.0645. The summed E-state index contributed by atoms with van der Waals surface area (Å²) in [4.78, 5) is 14.2. The molecule has 0 bridgehead atoms. The number of nitrogens with zero attached hydrogens (tertiary/aromatic N) is 3. The molecule has 2 aromatic heterocycles. The minimum absolute atomic E-state index is 0.231. The highest BCUT2D eigenvalue weighted by Crippen LogP contribution is 2.30. The molecule has 6 rings (SSSR count). The molecule has 0 radical (unpaired) electrons. The number of aromatic nitrogens is 3. The van der Waals surface area contributed by atoms with Crippen LogP contribution < -0.4 is 11.1 Å². The summed E-state index contributed by atoms with van der Waals surface area (Å²) in [5, 5.41) is 16.2. The van der Waals surface area contributed by atoms with Crippen molar-refractivity contribution in [2.45, 2.75) is 13.0 Å². The highest BCUT2D eigenvalue weighted by Gasteiger charge is 2.13. The minimum atomic E-state index is -0.231. The molecule has 0 spiro atoms. The van der Waals surface area contributed by atoms with Gasteiger partial charge in [-0.25, -0.2) is 0 Å². The minimum Gasteiger partial charge on any atom is -0.397 e. The summed E-state index contributed by atoms with van der Waals surface area (Å²) < 4.78 is 1.85. The monoisotopic (exact) mass is 515 g/mol. The number of benzene rings is 4. The van der Waals surface area contributed by atoms with Crippen LogP contribution in [0.15, 0.2) is 109 Å². The number of carbonyl (C=O) groups is 1. The summed E-state index contributed by atoms with van der Waals surface area (Å²) in [5.41, 5.74) is 11.6. The van der Waals surface area contributed by atoms with Gasteiger partial charge in [0.25, 0.3) is 5.91 Å². The summed E-state index contributed by atoms with van der Waals surface area (Å²) >= 11 is 1.64. The Kier molecular flexibility index (Phi) is 6.42. The number of hydrogen-bond acceptors (Lipinski definition) is 5. The zero-order valence-corrected chi connectivity index (χ0v) is 21.4. The fourth-order valence-corrected chi connectivity index (χ4v) is 5.28. The van der Waals surface area contributed by atoms with Gasteiger partial charge in [0.2, 0.25) is 0 Å². The molecule has 0 aliphatic rings. The maximum absolute atomic E-state index is 13.1. The second-order valence-corrected chi connectivity index (χ2v) is 10.0. The zero-order chi connectivity index (χ0) is 25.9. The molecule has 6 nitrogen and oxygen atoms in total. The van der Waals surface area contributed by atoms with Crippen LogP contribution in [0.3, 0.4) is 0 Å². The van der Waals surface area contributed by atoms with Crippen molar-refractivity contribution in [3.8, 4) is 21.7 Å². The van der Waals surface area contributed by atoms with Gasteiger partial charge in [-0.05, 0) is 64.0 Å². The molecule has 0 fully saturated rings. The van der Waals surface area contributed by atoms with Crippen molar-refractivity contribution in [1.29, 1.82) is 0 Å². The lowest BCUT2D eigenvalue weighted by molar-refractivity contribution is 0.102. The highest BCUT2D eigenvalue weighted by molar-refractivity contribution is 7.13. The van der Waals surface area contributed by atoms with Crippen molar-refractivity contribution in [2.24, 2.45) is 0 Å². The van der Waals surface area contributed by atoms with Crippen LogP contribution in [0.5, 0.6) is 0 Å². The lowest BCUT2D eigenvalue weighted by atomic mass is 10.0. The first-order valence-electron chi connectivity index (χ1n) is 12.4. The lowest BCUT2D eigenvalue weighted by Crippen LogP contribution is -2.13. The lowest BCUT2D eigenvalue weighted by Gasteiger charge is -2.10. The first-order valence-corrected chi connectivity index (χ1v) is 13.2. The highest BCUT2D eigenvalue weighted by atomic mass is 32.1. The Labute approximate surface area is 224 Å². The Hall–Kier alpha value is -4.75. The van der Waals surface area contributed by atoms with E-state index in [0.717, 1.165) is 28.1 Å². The summed E-state index contributed by atoms with van der Waals surface area (Å²) in [7, 11) is 0. The molecule has 7 heteroatoms. The Morgan fingerprint density at radius 1 is 0.895 bits per heavy atom. The average Bonchev–Trinajstić information content (AvgIpc) is 3.66. The molecule has 0 unspecified atom stereocenters. The van der Waals surface area contributed by atoms with Crippen LogP contribution in [0.25, 0.3) is 32.5 Å². The molecule has 0 aliphatic carbocycles. The largest absolute Gasteiger partial charge is 0.397 e. The van der Waals surface area contributed by atoms with Crippen LogP contribution in [0.4, 0.5) is 11.4 Å². The van der Waals surface area contributed by atoms with E-state index in [2.05, 4.69) is 58.1 Å². The molecule has 0 saturated carbocycles. The van der Waals surface area contributed by atoms with Crippen molar-refractivity contribution in [1.82, 2.24) is 15.0 Å². The molecule has 2 heterocycles. The van der Waals surface area contributed by atoms with Crippen LogP contribution in [-0.2, 0) is 13.0 Å². The maximum atomic E-state index is 13.1. The first kappa shape index (κ1) is 23.6. The van der Waals surface area contributed by atoms with Gasteiger partial charge < -0.3 is 11.1 Å². The van der Waals surface area contributed by atoms with Crippen LogP contribution in [0.1, 0.15) is 15.9 Å². The second kappa shape index (κ2) is 10.3. The number of nitrogen functional groups attached to an aromatic ring is 1. The van der Waals surface area contributed by atoms with Crippen molar-refractivity contribution in [3.63, 3.8) is 0 Å². The number of nitrogens with one attached hydrogen (secondary N) is 1. The topological polar surface area (TPSA) is 85.8 Å². The summed E-state index contributed by atoms with van der Waals surface area (Å²) in [6.07, 6.45) is 2.77. The van der Waals surface area contributed by atoms with Gasteiger partial charge in [-0.3, -0.25) is 9.48 Å². The molecular weight excluding hydrogens is 490 g/mol.